The fraction of sp³-hybridized carbons (Fsp3) is 1.00. The fourth-order valence-electron chi connectivity index (χ4n) is 2.35. The molecule has 0 aromatic carbocycles. The third kappa shape index (κ3) is 4.47. The number of rotatable bonds is 4. The molecule has 0 aliphatic heterocycles. The van der Waals surface area contributed by atoms with Crippen LogP contribution in [-0.2, 0) is 0 Å². The van der Waals surface area contributed by atoms with E-state index in [0.29, 0.717) is 18.8 Å². The van der Waals surface area contributed by atoms with E-state index in [9.17, 15) is 13.2 Å². The molecule has 2 nitrogen and oxygen atoms in total. The number of alkyl halides is 3. The predicted octanol–water partition coefficient (Wildman–Crippen LogP) is 2.71. The van der Waals surface area contributed by atoms with Gasteiger partial charge in [-0.1, -0.05) is 13.8 Å². The molecule has 17 heavy (non-hydrogen) atoms. The summed E-state index contributed by atoms with van der Waals surface area (Å²) in [4.78, 5) is 0. The molecule has 0 spiro atoms. The Hall–Kier alpha value is -0.290. The highest BCUT2D eigenvalue weighted by atomic mass is 19.4. The highest BCUT2D eigenvalue weighted by Gasteiger charge is 2.41. The van der Waals surface area contributed by atoms with Gasteiger partial charge in [0.25, 0.3) is 0 Å². The summed E-state index contributed by atoms with van der Waals surface area (Å²) in [5.74, 6) is -0.840. The summed E-state index contributed by atoms with van der Waals surface area (Å²) in [6.45, 7) is 4.03. The molecule has 0 bridgehead atoms. The third-order valence-corrected chi connectivity index (χ3v) is 3.64. The van der Waals surface area contributed by atoms with Crippen molar-refractivity contribution in [2.24, 2.45) is 11.8 Å². The van der Waals surface area contributed by atoms with Gasteiger partial charge < -0.3 is 10.4 Å². The fourth-order valence-corrected chi connectivity index (χ4v) is 2.35. The topological polar surface area (TPSA) is 32.3 Å². The number of hydrogen-bond acceptors (Lipinski definition) is 2. The Morgan fingerprint density at radius 1 is 1.18 bits per heavy atom. The monoisotopic (exact) mass is 253 g/mol. The van der Waals surface area contributed by atoms with Crippen LogP contribution in [0, 0.1) is 11.8 Å². The molecule has 0 unspecified atom stereocenters. The summed E-state index contributed by atoms with van der Waals surface area (Å²) in [7, 11) is 0. The van der Waals surface area contributed by atoms with Crippen molar-refractivity contribution in [2.75, 3.05) is 6.61 Å². The minimum atomic E-state index is -4.04. The first-order valence-electron chi connectivity index (χ1n) is 6.28. The van der Waals surface area contributed by atoms with Crippen molar-refractivity contribution in [1.29, 1.82) is 0 Å². The zero-order valence-corrected chi connectivity index (χ0v) is 10.4. The van der Waals surface area contributed by atoms with Crippen LogP contribution in [0.2, 0.25) is 0 Å². The number of hydrogen-bond donors (Lipinski definition) is 2. The van der Waals surface area contributed by atoms with Gasteiger partial charge in [-0.3, -0.25) is 0 Å². The van der Waals surface area contributed by atoms with Crippen LogP contribution in [0.15, 0.2) is 0 Å². The molecule has 2 N–H and O–H groups in total. The maximum absolute atomic E-state index is 12.5. The minimum Gasteiger partial charge on any atom is -0.395 e. The molecule has 5 heteroatoms. The lowest BCUT2D eigenvalue weighted by Crippen LogP contribution is -2.46. The van der Waals surface area contributed by atoms with Crippen molar-refractivity contribution in [2.45, 2.75) is 57.8 Å². The van der Waals surface area contributed by atoms with Crippen LogP contribution in [0.25, 0.3) is 0 Å². The van der Waals surface area contributed by atoms with Crippen LogP contribution in [-0.4, -0.2) is 30.0 Å². The van der Waals surface area contributed by atoms with E-state index in [1.807, 2.05) is 13.8 Å². The molecule has 0 aromatic rings. The van der Waals surface area contributed by atoms with Gasteiger partial charge in [0.1, 0.15) is 0 Å². The van der Waals surface area contributed by atoms with E-state index < -0.39 is 12.1 Å². The molecule has 0 saturated heterocycles. The molecule has 0 aromatic heterocycles. The van der Waals surface area contributed by atoms with E-state index in [1.54, 1.807) is 0 Å². The van der Waals surface area contributed by atoms with Gasteiger partial charge in [0.05, 0.1) is 12.5 Å². The molecule has 1 fully saturated rings. The quantitative estimate of drug-likeness (QED) is 0.807. The lowest BCUT2D eigenvalue weighted by Gasteiger charge is -2.33. The molecule has 102 valence electrons. The number of aliphatic hydroxyl groups excluding tert-OH is 1. The highest BCUT2D eigenvalue weighted by Crippen LogP contribution is 2.37. The van der Waals surface area contributed by atoms with Gasteiger partial charge in [0, 0.05) is 12.1 Å². The zero-order chi connectivity index (χ0) is 13.1. The van der Waals surface area contributed by atoms with Gasteiger partial charge in [0.15, 0.2) is 0 Å². The Morgan fingerprint density at radius 2 is 1.71 bits per heavy atom. The molecule has 1 saturated carbocycles. The second-order valence-electron chi connectivity index (χ2n) is 5.29. The van der Waals surface area contributed by atoms with Gasteiger partial charge in [-0.2, -0.15) is 13.2 Å². The van der Waals surface area contributed by atoms with Crippen LogP contribution < -0.4 is 5.32 Å². The van der Waals surface area contributed by atoms with Crippen molar-refractivity contribution in [3.8, 4) is 0 Å². The summed E-state index contributed by atoms with van der Waals surface area (Å²) in [6.07, 6.45) is -2.53. The van der Waals surface area contributed by atoms with Gasteiger partial charge in [-0.25, -0.2) is 0 Å². The lowest BCUT2D eigenvalue weighted by atomic mass is 9.85. The van der Waals surface area contributed by atoms with E-state index in [-0.39, 0.29) is 31.5 Å². The Morgan fingerprint density at radius 3 is 2.06 bits per heavy atom. The van der Waals surface area contributed by atoms with Crippen molar-refractivity contribution >= 4 is 0 Å². The lowest BCUT2D eigenvalue weighted by molar-refractivity contribution is -0.182. The summed E-state index contributed by atoms with van der Waals surface area (Å²) in [5.41, 5.74) is 0. The average Bonchev–Trinajstić information content (AvgIpc) is 2.25. The van der Waals surface area contributed by atoms with Crippen LogP contribution in [0.5, 0.6) is 0 Å². The smallest absolute Gasteiger partial charge is 0.391 e. The minimum absolute atomic E-state index is 0.0116. The Kier molecular flexibility index (Phi) is 5.25. The van der Waals surface area contributed by atoms with Crippen LogP contribution in [0.4, 0.5) is 13.2 Å². The van der Waals surface area contributed by atoms with Crippen molar-refractivity contribution in [3.05, 3.63) is 0 Å². The molecule has 1 aliphatic rings. The first-order chi connectivity index (χ1) is 7.84. The predicted molar refractivity (Wildman–Crippen MR) is 60.6 cm³/mol. The van der Waals surface area contributed by atoms with Crippen LogP contribution >= 0.6 is 0 Å². The van der Waals surface area contributed by atoms with E-state index in [0.717, 1.165) is 0 Å². The van der Waals surface area contributed by atoms with E-state index >= 15 is 0 Å². The number of halogens is 3. The molecule has 1 aliphatic carbocycles. The van der Waals surface area contributed by atoms with Gasteiger partial charge >= 0.3 is 6.18 Å². The Balaban J connectivity index is 2.37. The Bertz CT molecular complexity index is 222. The largest absolute Gasteiger partial charge is 0.395 e. The summed E-state index contributed by atoms with van der Waals surface area (Å²) in [6, 6.07) is 0.107. The van der Waals surface area contributed by atoms with Gasteiger partial charge in [-0.15, -0.1) is 0 Å². The molecular formula is C12H22F3NO. The Labute approximate surface area is 101 Å². The van der Waals surface area contributed by atoms with Crippen LogP contribution in [0.3, 0.4) is 0 Å². The zero-order valence-electron chi connectivity index (χ0n) is 10.4. The number of nitrogens with one attached hydrogen (secondary N) is 1. The standard InChI is InChI=1S/C12H22F3NO/c1-8(2)11(7-17)16-10-5-3-9(4-6-10)12(13,14)15/h8-11,16-17H,3-7H2,1-2H3/t9?,10?,11-/m1/s1. The van der Waals surface area contributed by atoms with Crippen LogP contribution in [0.1, 0.15) is 39.5 Å². The van der Waals surface area contributed by atoms with Gasteiger partial charge in [0.2, 0.25) is 0 Å². The van der Waals surface area contributed by atoms with Crippen molar-refractivity contribution < 1.29 is 18.3 Å². The molecule has 1 atom stereocenters. The van der Waals surface area contributed by atoms with Crippen molar-refractivity contribution in [3.63, 3.8) is 0 Å². The normalized spacial score (nSPS) is 28.4. The first kappa shape index (κ1) is 14.8. The summed E-state index contributed by atoms with van der Waals surface area (Å²) in [5, 5.41) is 12.4. The first-order valence-corrected chi connectivity index (χ1v) is 6.28. The summed E-state index contributed by atoms with van der Waals surface area (Å²) >= 11 is 0. The molecule has 0 amide bonds. The maximum atomic E-state index is 12.5. The highest BCUT2D eigenvalue weighted by molar-refractivity contribution is 4.83. The van der Waals surface area contributed by atoms with Crippen molar-refractivity contribution in [1.82, 2.24) is 5.32 Å². The average molecular weight is 253 g/mol. The van der Waals surface area contributed by atoms with Gasteiger partial charge in [-0.05, 0) is 31.6 Å². The molecular weight excluding hydrogens is 231 g/mol. The van der Waals surface area contributed by atoms with E-state index in [1.165, 1.54) is 0 Å². The number of aliphatic hydroxyl groups is 1. The molecule has 0 radical (unpaired) electrons. The maximum Gasteiger partial charge on any atom is 0.391 e. The molecule has 0 heterocycles. The SMILES string of the molecule is CC(C)[C@@H](CO)NC1CCC(C(F)(F)F)CC1. The second-order valence-corrected chi connectivity index (χ2v) is 5.29. The third-order valence-electron chi connectivity index (χ3n) is 3.64. The van der Waals surface area contributed by atoms with E-state index in [4.69, 9.17) is 5.11 Å². The van der Waals surface area contributed by atoms with E-state index in [2.05, 4.69) is 5.32 Å². The second kappa shape index (κ2) is 6.05. The molecule has 1 rings (SSSR count). The summed E-state index contributed by atoms with van der Waals surface area (Å²) < 4.78 is 37.4.